The van der Waals surface area contributed by atoms with Gasteiger partial charge in [-0.1, -0.05) is 18.5 Å². The lowest BCUT2D eigenvalue weighted by atomic mass is 9.89. The number of amides is 1. The second-order valence-corrected chi connectivity index (χ2v) is 10.4. The maximum atomic E-state index is 12.3. The van der Waals surface area contributed by atoms with Crippen molar-refractivity contribution in [3.63, 3.8) is 0 Å². The van der Waals surface area contributed by atoms with E-state index in [1.807, 2.05) is 0 Å². The fourth-order valence-corrected chi connectivity index (χ4v) is 5.88. The summed E-state index contributed by atoms with van der Waals surface area (Å²) in [6, 6.07) is 8.06. The van der Waals surface area contributed by atoms with Gasteiger partial charge in [-0.25, -0.2) is 8.42 Å². The Balaban J connectivity index is 1.68. The zero-order valence-corrected chi connectivity index (χ0v) is 17.2. The first-order chi connectivity index (χ1) is 12.8. The molecule has 2 aromatic rings. The van der Waals surface area contributed by atoms with Crippen LogP contribution in [0, 0.1) is 17.2 Å². The molecule has 1 aromatic heterocycles. The molecule has 5 nitrogen and oxygen atoms in total. The quantitative estimate of drug-likeness (QED) is 0.782. The monoisotopic (exact) mass is 422 g/mol. The number of benzene rings is 1. The molecule has 1 aromatic carbocycles. The lowest BCUT2D eigenvalue weighted by molar-refractivity contribution is -0.115. The predicted molar refractivity (Wildman–Crippen MR) is 107 cm³/mol. The molecule has 0 spiro atoms. The highest BCUT2D eigenvalue weighted by Crippen LogP contribution is 2.39. The minimum Gasteiger partial charge on any atom is -0.317 e. The Morgan fingerprint density at radius 1 is 1.37 bits per heavy atom. The van der Waals surface area contributed by atoms with E-state index in [2.05, 4.69) is 18.3 Å². The Morgan fingerprint density at radius 3 is 2.74 bits per heavy atom. The van der Waals surface area contributed by atoms with E-state index in [-0.39, 0.29) is 17.1 Å². The molecule has 0 saturated heterocycles. The van der Waals surface area contributed by atoms with Gasteiger partial charge in [-0.2, -0.15) is 5.26 Å². The number of halogens is 1. The van der Waals surface area contributed by atoms with Crippen LogP contribution in [-0.4, -0.2) is 20.1 Å². The van der Waals surface area contributed by atoms with Crippen LogP contribution in [0.15, 0.2) is 29.2 Å². The maximum absolute atomic E-state index is 12.3. The predicted octanol–water partition coefficient (Wildman–Crippen LogP) is 4.20. The van der Waals surface area contributed by atoms with E-state index in [1.54, 1.807) is 0 Å². The van der Waals surface area contributed by atoms with Crippen LogP contribution < -0.4 is 5.32 Å². The third kappa shape index (κ3) is 4.52. The number of carbonyl (C=O) groups excluding carboxylic acids is 1. The number of rotatable bonds is 5. The topological polar surface area (TPSA) is 87.0 Å². The summed E-state index contributed by atoms with van der Waals surface area (Å²) in [6.07, 6.45) is 2.62. The van der Waals surface area contributed by atoms with Crippen molar-refractivity contribution in [1.29, 1.82) is 5.26 Å². The number of nitrogens with zero attached hydrogens (tertiary/aromatic N) is 1. The first kappa shape index (κ1) is 19.9. The van der Waals surface area contributed by atoms with Gasteiger partial charge in [0.15, 0.2) is 9.84 Å². The van der Waals surface area contributed by atoms with Crippen molar-refractivity contribution in [2.24, 2.45) is 5.92 Å². The number of hydrogen-bond acceptors (Lipinski definition) is 5. The van der Waals surface area contributed by atoms with Gasteiger partial charge in [-0.15, -0.1) is 11.3 Å². The molecular formula is C19H19ClN2O3S2. The Labute approximate surface area is 167 Å². The molecule has 1 amide bonds. The lowest BCUT2D eigenvalue weighted by Gasteiger charge is -2.17. The summed E-state index contributed by atoms with van der Waals surface area (Å²) in [5, 5.41) is 13.2. The minimum absolute atomic E-state index is 0.137. The fourth-order valence-electron chi connectivity index (χ4n) is 3.13. The second-order valence-electron chi connectivity index (χ2n) is 6.74. The third-order valence-corrected chi connectivity index (χ3v) is 7.80. The Hall–Kier alpha value is -1.88. The van der Waals surface area contributed by atoms with Crippen LogP contribution in [0.4, 0.5) is 5.00 Å². The van der Waals surface area contributed by atoms with Crippen molar-refractivity contribution in [2.45, 2.75) is 37.5 Å². The van der Waals surface area contributed by atoms with Gasteiger partial charge in [0.2, 0.25) is 5.91 Å². The zero-order valence-electron chi connectivity index (χ0n) is 14.8. The van der Waals surface area contributed by atoms with Crippen LogP contribution in [-0.2, 0) is 27.5 Å². The van der Waals surface area contributed by atoms with Crippen LogP contribution in [0.1, 0.15) is 35.8 Å². The molecule has 27 heavy (non-hydrogen) atoms. The molecule has 0 unspecified atom stereocenters. The van der Waals surface area contributed by atoms with E-state index < -0.39 is 15.7 Å². The van der Waals surface area contributed by atoms with Crippen molar-refractivity contribution in [3.05, 3.63) is 45.3 Å². The van der Waals surface area contributed by atoms with Crippen molar-refractivity contribution in [2.75, 3.05) is 11.1 Å². The average Bonchev–Trinajstić information content (AvgIpc) is 2.96. The first-order valence-corrected chi connectivity index (χ1v) is 11.5. The van der Waals surface area contributed by atoms with Gasteiger partial charge < -0.3 is 5.32 Å². The van der Waals surface area contributed by atoms with Gasteiger partial charge in [-0.05, 0) is 55.0 Å². The van der Waals surface area contributed by atoms with Crippen LogP contribution in [0.5, 0.6) is 0 Å². The molecule has 1 aliphatic carbocycles. The molecule has 142 valence electrons. The molecule has 1 heterocycles. The average molecular weight is 423 g/mol. The second kappa shape index (κ2) is 8.01. The van der Waals surface area contributed by atoms with Crippen molar-refractivity contribution in [3.8, 4) is 6.07 Å². The van der Waals surface area contributed by atoms with Crippen molar-refractivity contribution in [1.82, 2.24) is 0 Å². The van der Waals surface area contributed by atoms with Crippen LogP contribution in [0.25, 0.3) is 0 Å². The van der Waals surface area contributed by atoms with Crippen LogP contribution in [0.3, 0.4) is 0 Å². The summed E-state index contributed by atoms with van der Waals surface area (Å²) in [7, 11) is -3.57. The van der Waals surface area contributed by atoms with Crippen LogP contribution in [0.2, 0.25) is 5.02 Å². The van der Waals surface area contributed by atoms with E-state index >= 15 is 0 Å². The number of nitrogens with one attached hydrogen (secondary N) is 1. The molecule has 0 aliphatic heterocycles. The summed E-state index contributed by atoms with van der Waals surface area (Å²) in [6.45, 7) is 2.18. The molecule has 0 fully saturated rings. The number of carbonyl (C=O) groups is 1. The van der Waals surface area contributed by atoms with Gasteiger partial charge >= 0.3 is 0 Å². The van der Waals surface area contributed by atoms with Gasteiger partial charge in [0, 0.05) is 16.3 Å². The SMILES string of the molecule is C[C@H]1CCc2c(sc(NC(=O)CCS(=O)(=O)c3ccc(Cl)cc3)c2C#N)C1. The lowest BCUT2D eigenvalue weighted by Crippen LogP contribution is -2.17. The zero-order chi connectivity index (χ0) is 19.6. The van der Waals surface area contributed by atoms with E-state index in [1.165, 1.54) is 35.6 Å². The fraction of sp³-hybridized carbons (Fsp3) is 0.368. The molecule has 1 aliphatic rings. The number of sulfone groups is 1. The van der Waals surface area contributed by atoms with Crippen molar-refractivity contribution < 1.29 is 13.2 Å². The van der Waals surface area contributed by atoms with E-state index in [0.29, 0.717) is 21.5 Å². The molecule has 0 bridgehead atoms. The van der Waals surface area contributed by atoms with Gasteiger partial charge in [-0.3, -0.25) is 4.79 Å². The smallest absolute Gasteiger partial charge is 0.226 e. The van der Waals surface area contributed by atoms with E-state index in [0.717, 1.165) is 29.7 Å². The van der Waals surface area contributed by atoms with E-state index in [9.17, 15) is 18.5 Å². The summed E-state index contributed by atoms with van der Waals surface area (Å²) in [5.41, 5.74) is 1.56. The number of hydrogen-bond donors (Lipinski definition) is 1. The molecule has 1 N–H and O–H groups in total. The highest BCUT2D eigenvalue weighted by atomic mass is 35.5. The summed E-state index contributed by atoms with van der Waals surface area (Å²) < 4.78 is 24.7. The molecular weight excluding hydrogens is 404 g/mol. The molecule has 8 heteroatoms. The summed E-state index contributed by atoms with van der Waals surface area (Å²) >= 11 is 7.21. The van der Waals surface area contributed by atoms with Gasteiger partial charge in [0.25, 0.3) is 0 Å². The van der Waals surface area contributed by atoms with Crippen LogP contribution >= 0.6 is 22.9 Å². The molecule has 1 atom stereocenters. The minimum atomic E-state index is -3.57. The molecule has 0 radical (unpaired) electrons. The number of fused-ring (bicyclic) bond motifs is 1. The third-order valence-electron chi connectivity index (χ3n) is 4.65. The highest BCUT2D eigenvalue weighted by Gasteiger charge is 2.25. The molecule has 3 rings (SSSR count). The van der Waals surface area contributed by atoms with Gasteiger partial charge in [0.1, 0.15) is 11.1 Å². The normalized spacial score (nSPS) is 16.4. The summed E-state index contributed by atoms with van der Waals surface area (Å²) in [5.74, 6) is -0.142. The standard InChI is InChI=1S/C19H19ClN2O3S2/c1-12-2-7-15-16(11-21)19(26-17(15)10-12)22-18(23)8-9-27(24,25)14-5-3-13(20)4-6-14/h3-6,12H,2,7-10H2,1H3,(H,22,23)/t12-/m0/s1. The molecule has 0 saturated carbocycles. The first-order valence-electron chi connectivity index (χ1n) is 8.63. The van der Waals surface area contributed by atoms with Gasteiger partial charge in [0.05, 0.1) is 16.2 Å². The van der Waals surface area contributed by atoms with Crippen molar-refractivity contribution >= 4 is 43.7 Å². The maximum Gasteiger partial charge on any atom is 0.226 e. The Bertz CT molecular complexity index is 1000. The Kier molecular flexibility index (Phi) is 5.89. The number of anilines is 1. The number of thiophene rings is 1. The Morgan fingerprint density at radius 2 is 2.07 bits per heavy atom. The highest BCUT2D eigenvalue weighted by molar-refractivity contribution is 7.91. The number of nitriles is 1. The summed E-state index contributed by atoms with van der Waals surface area (Å²) in [4.78, 5) is 13.6. The largest absolute Gasteiger partial charge is 0.317 e. The van der Waals surface area contributed by atoms with E-state index in [4.69, 9.17) is 11.6 Å².